The molecule has 0 aliphatic rings. The zero-order valence-electron chi connectivity index (χ0n) is 9.30. The van der Waals surface area contributed by atoms with Crippen molar-refractivity contribution in [3.63, 3.8) is 0 Å². The molecule has 0 bridgehead atoms. The van der Waals surface area contributed by atoms with Gasteiger partial charge < -0.3 is 4.98 Å². The van der Waals surface area contributed by atoms with E-state index in [2.05, 4.69) is 20.2 Å². The fraction of sp³-hybridized carbons (Fsp3) is 0.333. The molecule has 0 fully saturated rings. The highest BCUT2D eigenvalue weighted by Crippen LogP contribution is 2.15. The van der Waals surface area contributed by atoms with Crippen molar-refractivity contribution in [2.45, 2.75) is 6.92 Å². The highest BCUT2D eigenvalue weighted by Gasteiger charge is 2.11. The van der Waals surface area contributed by atoms with Gasteiger partial charge in [-0.3, -0.25) is 14.2 Å². The molecule has 2 aromatic rings. The maximum Gasteiger partial charge on any atom is 0.294 e. The Kier molecular flexibility index (Phi) is 2.43. The van der Waals surface area contributed by atoms with E-state index in [9.17, 15) is 4.79 Å². The molecule has 0 saturated heterocycles. The molecule has 0 atom stereocenters. The maximum atomic E-state index is 11.7. The van der Waals surface area contributed by atoms with Crippen molar-refractivity contribution < 1.29 is 0 Å². The molecule has 2 rings (SSSR count). The van der Waals surface area contributed by atoms with Crippen LogP contribution in [0.2, 0.25) is 0 Å². The van der Waals surface area contributed by atoms with Crippen LogP contribution in [-0.2, 0) is 14.1 Å². The molecule has 84 valence electrons. The van der Waals surface area contributed by atoms with Gasteiger partial charge in [0.25, 0.3) is 5.56 Å². The number of nitrogens with one attached hydrogen (secondary N) is 1. The Morgan fingerprint density at radius 2 is 2.06 bits per heavy atom. The first-order valence-electron chi connectivity index (χ1n) is 4.75. The lowest BCUT2D eigenvalue weighted by Crippen LogP contribution is -2.16. The van der Waals surface area contributed by atoms with Crippen molar-refractivity contribution in [1.82, 2.24) is 19.3 Å². The Hall–Kier alpha value is -2.18. The van der Waals surface area contributed by atoms with Crippen LogP contribution < -0.4 is 5.56 Å². The van der Waals surface area contributed by atoms with Gasteiger partial charge in [-0.25, -0.2) is 4.98 Å². The van der Waals surface area contributed by atoms with Crippen molar-refractivity contribution >= 4 is 11.6 Å². The Bertz CT molecular complexity index is 574. The second-order valence-corrected chi connectivity index (χ2v) is 3.40. The summed E-state index contributed by atoms with van der Waals surface area (Å²) in [6.45, 7) is 1.82. The number of rotatable bonds is 2. The molecule has 7 heteroatoms. The molecule has 0 radical (unpaired) electrons. The molecule has 7 nitrogen and oxygen atoms in total. The van der Waals surface area contributed by atoms with E-state index in [1.54, 1.807) is 31.2 Å². The Morgan fingerprint density at radius 3 is 2.56 bits per heavy atom. The standard InChI is InChI=1S/C9H12N6O/c1-6-7(8(16)15(3)14(6)2)12-13-9-10-4-5-11-9/h4-5H,1-3H3,(H,10,11). The molecule has 0 spiro atoms. The van der Waals surface area contributed by atoms with Crippen molar-refractivity contribution in [2.75, 3.05) is 0 Å². The molecular weight excluding hydrogens is 208 g/mol. The minimum absolute atomic E-state index is 0.171. The normalized spacial score (nSPS) is 11.4. The van der Waals surface area contributed by atoms with Gasteiger partial charge in [0.2, 0.25) is 5.95 Å². The number of imidazole rings is 1. The molecule has 0 saturated carbocycles. The third kappa shape index (κ3) is 1.56. The largest absolute Gasteiger partial charge is 0.328 e. The zero-order valence-corrected chi connectivity index (χ0v) is 9.30. The third-order valence-electron chi connectivity index (χ3n) is 2.50. The number of hydrogen-bond acceptors (Lipinski definition) is 4. The molecule has 0 amide bonds. The summed E-state index contributed by atoms with van der Waals surface area (Å²) >= 11 is 0. The summed E-state index contributed by atoms with van der Waals surface area (Å²) in [4.78, 5) is 18.4. The molecule has 1 N–H and O–H groups in total. The van der Waals surface area contributed by atoms with Gasteiger partial charge >= 0.3 is 0 Å². The fourth-order valence-corrected chi connectivity index (χ4v) is 1.35. The van der Waals surface area contributed by atoms with Crippen LogP contribution in [0.15, 0.2) is 27.4 Å². The van der Waals surface area contributed by atoms with E-state index in [4.69, 9.17) is 0 Å². The van der Waals surface area contributed by atoms with Crippen LogP contribution >= 0.6 is 0 Å². The quantitative estimate of drug-likeness (QED) is 0.771. The lowest BCUT2D eigenvalue weighted by atomic mass is 10.4. The van der Waals surface area contributed by atoms with Crippen molar-refractivity contribution in [3.05, 3.63) is 28.4 Å². The first-order valence-corrected chi connectivity index (χ1v) is 4.75. The highest BCUT2D eigenvalue weighted by atomic mass is 16.1. The number of aromatic amines is 1. The summed E-state index contributed by atoms with van der Waals surface area (Å²) in [6, 6.07) is 0. The summed E-state index contributed by atoms with van der Waals surface area (Å²) in [7, 11) is 3.48. The molecule has 0 aromatic carbocycles. The van der Waals surface area contributed by atoms with Gasteiger partial charge in [-0.2, -0.15) is 0 Å². The average Bonchev–Trinajstić information content (AvgIpc) is 2.84. The Morgan fingerprint density at radius 1 is 1.31 bits per heavy atom. The van der Waals surface area contributed by atoms with Gasteiger partial charge in [0, 0.05) is 26.5 Å². The van der Waals surface area contributed by atoms with E-state index < -0.39 is 0 Å². The fourth-order valence-electron chi connectivity index (χ4n) is 1.35. The maximum absolute atomic E-state index is 11.7. The van der Waals surface area contributed by atoms with Crippen LogP contribution in [0.25, 0.3) is 0 Å². The monoisotopic (exact) mass is 220 g/mol. The van der Waals surface area contributed by atoms with Crippen molar-refractivity contribution in [2.24, 2.45) is 24.3 Å². The summed E-state index contributed by atoms with van der Waals surface area (Å²) < 4.78 is 3.20. The SMILES string of the molecule is Cc1c(N=Nc2ncc[nH]2)c(=O)n(C)n1C. The molecule has 16 heavy (non-hydrogen) atoms. The van der Waals surface area contributed by atoms with Crippen LogP contribution in [0.3, 0.4) is 0 Å². The van der Waals surface area contributed by atoms with Gasteiger partial charge in [0.1, 0.15) is 0 Å². The molecular formula is C9H12N6O. The molecule has 0 aliphatic carbocycles. The third-order valence-corrected chi connectivity index (χ3v) is 2.50. The van der Waals surface area contributed by atoms with Crippen molar-refractivity contribution in [1.29, 1.82) is 0 Å². The van der Waals surface area contributed by atoms with E-state index >= 15 is 0 Å². The van der Waals surface area contributed by atoms with E-state index in [0.717, 1.165) is 5.69 Å². The Labute approximate surface area is 91.4 Å². The highest BCUT2D eigenvalue weighted by molar-refractivity contribution is 5.39. The number of H-pyrrole nitrogens is 1. The topological polar surface area (TPSA) is 80.3 Å². The average molecular weight is 220 g/mol. The predicted octanol–water partition coefficient (Wildman–Crippen LogP) is 1.17. The van der Waals surface area contributed by atoms with Crippen LogP contribution in [0.4, 0.5) is 11.6 Å². The summed E-state index contributed by atoms with van der Waals surface area (Å²) in [5, 5.41) is 7.75. The van der Waals surface area contributed by atoms with E-state index in [-0.39, 0.29) is 5.56 Å². The summed E-state index contributed by atoms with van der Waals surface area (Å²) in [5.41, 5.74) is 0.930. The number of aromatic nitrogens is 4. The van der Waals surface area contributed by atoms with Crippen LogP contribution in [0.5, 0.6) is 0 Å². The van der Waals surface area contributed by atoms with Crippen molar-refractivity contribution in [3.8, 4) is 0 Å². The first-order chi connectivity index (χ1) is 7.61. The van der Waals surface area contributed by atoms with Gasteiger partial charge in [-0.1, -0.05) is 0 Å². The summed E-state index contributed by atoms with van der Waals surface area (Å²) in [6.07, 6.45) is 3.22. The molecule has 0 unspecified atom stereocenters. The Balaban J connectivity index is 2.43. The molecule has 2 aromatic heterocycles. The molecule has 2 heterocycles. The molecule has 0 aliphatic heterocycles. The van der Waals surface area contributed by atoms with Crippen LogP contribution in [-0.4, -0.2) is 19.3 Å². The van der Waals surface area contributed by atoms with Crippen LogP contribution in [0, 0.1) is 6.92 Å². The van der Waals surface area contributed by atoms with E-state index in [1.165, 1.54) is 4.68 Å². The smallest absolute Gasteiger partial charge is 0.294 e. The number of hydrogen-bond donors (Lipinski definition) is 1. The van der Waals surface area contributed by atoms with E-state index in [0.29, 0.717) is 11.6 Å². The lowest BCUT2D eigenvalue weighted by molar-refractivity contribution is 0.567. The van der Waals surface area contributed by atoms with Gasteiger partial charge in [-0.15, -0.1) is 10.2 Å². The first kappa shape index (κ1) is 10.3. The minimum atomic E-state index is -0.171. The van der Waals surface area contributed by atoms with Gasteiger partial charge in [0.15, 0.2) is 5.69 Å². The predicted molar refractivity (Wildman–Crippen MR) is 58.2 cm³/mol. The lowest BCUT2D eigenvalue weighted by Gasteiger charge is -1.98. The van der Waals surface area contributed by atoms with Crippen LogP contribution in [0.1, 0.15) is 5.69 Å². The number of nitrogens with zero attached hydrogens (tertiary/aromatic N) is 5. The second-order valence-electron chi connectivity index (χ2n) is 3.40. The zero-order chi connectivity index (χ0) is 11.7. The minimum Gasteiger partial charge on any atom is -0.328 e. The van der Waals surface area contributed by atoms with Gasteiger partial charge in [-0.05, 0) is 6.92 Å². The second kappa shape index (κ2) is 3.76. The summed E-state index contributed by atoms with van der Waals surface area (Å²) in [5.74, 6) is 0.380. The van der Waals surface area contributed by atoms with Gasteiger partial charge in [0.05, 0.1) is 5.69 Å². The van der Waals surface area contributed by atoms with E-state index in [1.807, 2.05) is 6.92 Å². The number of azo groups is 1.